The van der Waals surface area contributed by atoms with Crippen LogP contribution < -0.4 is 5.32 Å². The number of hydrogen-bond acceptors (Lipinski definition) is 3. The molecule has 30 heavy (non-hydrogen) atoms. The largest absolute Gasteiger partial charge is 0.481 e. The fraction of sp³-hybridized carbons (Fsp3) is 0.636. The molecule has 170 valence electrons. The van der Waals surface area contributed by atoms with Crippen LogP contribution in [0.15, 0.2) is 24.3 Å². The molecular formula is C22H32F3NO4. The number of hydrogen-bond donors (Lipinski definition) is 3. The first-order valence-electron chi connectivity index (χ1n) is 10.0. The second-order valence-corrected chi connectivity index (χ2v) is 8.65. The van der Waals surface area contributed by atoms with E-state index in [1.807, 2.05) is 13.8 Å². The minimum absolute atomic E-state index is 0.188. The van der Waals surface area contributed by atoms with Crippen LogP contribution in [0.25, 0.3) is 0 Å². The van der Waals surface area contributed by atoms with Gasteiger partial charge in [0.15, 0.2) is 0 Å². The van der Waals surface area contributed by atoms with Crippen LogP contribution in [-0.4, -0.2) is 34.7 Å². The Kier molecular flexibility index (Phi) is 8.49. The van der Waals surface area contributed by atoms with E-state index < -0.39 is 40.4 Å². The Balaban J connectivity index is 0.000000303. The summed E-state index contributed by atoms with van der Waals surface area (Å²) >= 11 is 0. The molecule has 0 bridgehead atoms. The van der Waals surface area contributed by atoms with Gasteiger partial charge in [-0.1, -0.05) is 39.0 Å². The van der Waals surface area contributed by atoms with Gasteiger partial charge in [-0.05, 0) is 56.7 Å². The number of rotatable bonds is 6. The molecular weight excluding hydrogens is 399 g/mol. The molecule has 0 spiro atoms. The van der Waals surface area contributed by atoms with Gasteiger partial charge in [0.2, 0.25) is 0 Å². The number of likely N-dealkylation sites (N-methyl/N-ethyl adjacent to an activating group) is 1. The van der Waals surface area contributed by atoms with Gasteiger partial charge < -0.3 is 15.5 Å². The molecule has 0 aliphatic heterocycles. The first-order chi connectivity index (χ1) is 13.7. The lowest BCUT2D eigenvalue weighted by molar-refractivity contribution is -0.157. The predicted octanol–water partition coefficient (Wildman–Crippen LogP) is 4.84. The summed E-state index contributed by atoms with van der Waals surface area (Å²) in [6, 6.07) is 5.68. The Labute approximate surface area is 175 Å². The van der Waals surface area contributed by atoms with Crippen molar-refractivity contribution in [2.24, 2.45) is 16.7 Å². The lowest BCUT2D eigenvalue weighted by Gasteiger charge is -2.36. The molecule has 5 nitrogen and oxygen atoms in total. The number of alkyl halides is 3. The summed E-state index contributed by atoms with van der Waals surface area (Å²) < 4.78 is 37.3. The summed E-state index contributed by atoms with van der Waals surface area (Å²) in [6.45, 7) is 9.85. The van der Waals surface area contributed by atoms with Gasteiger partial charge in [-0.2, -0.15) is 13.2 Å². The number of carboxylic acids is 2. The third-order valence-corrected chi connectivity index (χ3v) is 6.35. The Morgan fingerprint density at radius 1 is 1.23 bits per heavy atom. The zero-order valence-corrected chi connectivity index (χ0v) is 18.1. The first-order valence-corrected chi connectivity index (χ1v) is 10.0. The van der Waals surface area contributed by atoms with E-state index in [2.05, 4.69) is 5.32 Å². The standard InChI is InChI=1S/C12H16F3N.C10H16O4/c1-3-16-9(2)7-10-5-4-6-11(8-10)12(13,14)15;1-9(2)6(7(11)12)4-5-10(9,3)8(13)14/h4-6,8-9,16H,3,7H2,1-2H3;6H,4-5H2,1-3H3,(H,11,12)(H,13,14)/t9-;6-,10+/m11/s1. The Hall–Kier alpha value is -2.09. The van der Waals surface area contributed by atoms with Crippen LogP contribution in [0, 0.1) is 16.7 Å². The zero-order valence-electron chi connectivity index (χ0n) is 18.1. The summed E-state index contributed by atoms with van der Waals surface area (Å²) in [5.41, 5.74) is -1.47. The fourth-order valence-corrected chi connectivity index (χ4v) is 3.96. The summed E-state index contributed by atoms with van der Waals surface area (Å²) in [6.07, 6.45) is -2.76. The molecule has 3 N–H and O–H groups in total. The average Bonchev–Trinajstić information content (AvgIpc) is 2.86. The molecule has 1 aliphatic carbocycles. The summed E-state index contributed by atoms with van der Waals surface area (Å²) in [5, 5.41) is 21.3. The lowest BCUT2D eigenvalue weighted by Crippen LogP contribution is -2.42. The molecule has 1 aromatic rings. The minimum atomic E-state index is -4.25. The van der Waals surface area contributed by atoms with E-state index in [1.165, 1.54) is 12.1 Å². The predicted molar refractivity (Wildman–Crippen MR) is 108 cm³/mol. The van der Waals surface area contributed by atoms with Crippen LogP contribution >= 0.6 is 0 Å². The Morgan fingerprint density at radius 3 is 2.23 bits per heavy atom. The lowest BCUT2D eigenvalue weighted by atomic mass is 9.66. The van der Waals surface area contributed by atoms with Crippen LogP contribution in [0.1, 0.15) is 58.6 Å². The molecule has 0 unspecified atom stereocenters. The molecule has 1 fully saturated rings. The van der Waals surface area contributed by atoms with Gasteiger partial charge in [-0.3, -0.25) is 9.59 Å². The molecule has 1 aromatic carbocycles. The summed E-state index contributed by atoms with van der Waals surface area (Å²) in [4.78, 5) is 22.0. The quantitative estimate of drug-likeness (QED) is 0.600. The Bertz CT molecular complexity index is 748. The molecule has 0 amide bonds. The van der Waals surface area contributed by atoms with Gasteiger partial charge in [0.05, 0.1) is 16.9 Å². The number of carbonyl (C=O) groups is 2. The van der Waals surface area contributed by atoms with Crippen LogP contribution in [0.5, 0.6) is 0 Å². The Morgan fingerprint density at radius 2 is 1.83 bits per heavy atom. The molecule has 0 heterocycles. The SMILES string of the molecule is CC1(C)[C@@H](C(=O)O)CC[C@@]1(C)C(=O)O.CCN[C@H](C)Cc1cccc(C(F)(F)F)c1. The normalized spacial score (nSPS) is 23.9. The monoisotopic (exact) mass is 431 g/mol. The average molecular weight is 431 g/mol. The first kappa shape index (κ1) is 25.9. The molecule has 0 saturated heterocycles. The maximum atomic E-state index is 12.4. The highest BCUT2D eigenvalue weighted by Crippen LogP contribution is 2.56. The van der Waals surface area contributed by atoms with E-state index in [4.69, 9.17) is 10.2 Å². The van der Waals surface area contributed by atoms with Crippen LogP contribution in [0.4, 0.5) is 13.2 Å². The van der Waals surface area contributed by atoms with E-state index in [0.717, 1.165) is 12.6 Å². The van der Waals surface area contributed by atoms with Crippen LogP contribution in [-0.2, 0) is 22.2 Å². The maximum Gasteiger partial charge on any atom is 0.416 e. The smallest absolute Gasteiger partial charge is 0.416 e. The van der Waals surface area contributed by atoms with Crippen LogP contribution in [0.3, 0.4) is 0 Å². The van der Waals surface area contributed by atoms with E-state index in [0.29, 0.717) is 24.8 Å². The van der Waals surface area contributed by atoms with Crippen molar-refractivity contribution >= 4 is 11.9 Å². The van der Waals surface area contributed by atoms with Crippen LogP contribution in [0.2, 0.25) is 0 Å². The van der Waals surface area contributed by atoms with Gasteiger partial charge in [-0.15, -0.1) is 0 Å². The number of aliphatic carboxylic acids is 2. The van der Waals surface area contributed by atoms with E-state index in [9.17, 15) is 22.8 Å². The van der Waals surface area contributed by atoms with Crippen molar-refractivity contribution in [3.8, 4) is 0 Å². The van der Waals surface area contributed by atoms with Crippen molar-refractivity contribution in [1.82, 2.24) is 5.32 Å². The van der Waals surface area contributed by atoms with E-state index in [-0.39, 0.29) is 6.04 Å². The second kappa shape index (κ2) is 9.81. The van der Waals surface area contributed by atoms with Crippen molar-refractivity contribution in [2.75, 3.05) is 6.54 Å². The van der Waals surface area contributed by atoms with Crippen molar-refractivity contribution in [3.05, 3.63) is 35.4 Å². The molecule has 1 aliphatic rings. The summed E-state index contributed by atoms with van der Waals surface area (Å²) in [5.74, 6) is -2.34. The van der Waals surface area contributed by atoms with Gasteiger partial charge in [0.1, 0.15) is 0 Å². The van der Waals surface area contributed by atoms with Crippen molar-refractivity contribution in [1.29, 1.82) is 0 Å². The molecule has 1 saturated carbocycles. The third kappa shape index (κ3) is 5.97. The topological polar surface area (TPSA) is 86.6 Å². The molecule has 2 rings (SSSR count). The number of nitrogens with one attached hydrogen (secondary N) is 1. The summed E-state index contributed by atoms with van der Waals surface area (Å²) in [7, 11) is 0. The van der Waals surface area contributed by atoms with Crippen molar-refractivity contribution < 1.29 is 33.0 Å². The highest BCUT2D eigenvalue weighted by Gasteiger charge is 2.58. The highest BCUT2D eigenvalue weighted by atomic mass is 19.4. The highest BCUT2D eigenvalue weighted by molar-refractivity contribution is 5.80. The minimum Gasteiger partial charge on any atom is -0.481 e. The number of halogens is 3. The van der Waals surface area contributed by atoms with Gasteiger partial charge >= 0.3 is 18.1 Å². The molecule has 8 heteroatoms. The fourth-order valence-electron chi connectivity index (χ4n) is 3.96. The van der Waals surface area contributed by atoms with Crippen molar-refractivity contribution in [3.63, 3.8) is 0 Å². The molecule has 3 atom stereocenters. The van der Waals surface area contributed by atoms with Crippen molar-refractivity contribution in [2.45, 2.75) is 66.1 Å². The molecule has 0 aromatic heterocycles. The van der Waals surface area contributed by atoms with Gasteiger partial charge in [0, 0.05) is 6.04 Å². The third-order valence-electron chi connectivity index (χ3n) is 6.35. The van der Waals surface area contributed by atoms with Gasteiger partial charge in [-0.25, -0.2) is 0 Å². The van der Waals surface area contributed by atoms with Gasteiger partial charge in [0.25, 0.3) is 0 Å². The second-order valence-electron chi connectivity index (χ2n) is 8.65. The molecule has 0 radical (unpaired) electrons. The zero-order chi connectivity index (χ0) is 23.3. The number of carboxylic acid groups (broad SMARTS) is 2. The number of benzene rings is 1. The van der Waals surface area contributed by atoms with E-state index >= 15 is 0 Å². The maximum absolute atomic E-state index is 12.4. The van der Waals surface area contributed by atoms with E-state index in [1.54, 1.807) is 26.8 Å².